The molecule has 0 unspecified atom stereocenters. The number of anilines is 1. The maximum Gasteiger partial charge on any atom is 0.244 e. The van der Waals surface area contributed by atoms with E-state index in [1.165, 1.54) is 0 Å². The highest BCUT2D eigenvalue weighted by Crippen LogP contribution is 2.23. The molecule has 1 aliphatic rings. The largest absolute Gasteiger partial charge is 0.382 e. The van der Waals surface area contributed by atoms with Gasteiger partial charge in [0.15, 0.2) is 0 Å². The number of methoxy groups -OCH3 is 1. The van der Waals surface area contributed by atoms with Crippen molar-refractivity contribution in [1.82, 2.24) is 24.5 Å². The maximum absolute atomic E-state index is 13.0. The summed E-state index contributed by atoms with van der Waals surface area (Å²) in [5, 5.41) is 9.62. The zero-order valence-corrected chi connectivity index (χ0v) is 14.7. The summed E-state index contributed by atoms with van der Waals surface area (Å²) in [4.78, 5) is 14.9. The number of fused-ring (bicyclic) bond motifs is 1. The molecule has 0 spiro atoms. The first-order valence-electron chi connectivity index (χ1n) is 8.66. The highest BCUT2D eigenvalue weighted by atomic mass is 16.5. The fourth-order valence-electron chi connectivity index (χ4n) is 3.59. The molecule has 1 saturated heterocycles. The summed E-state index contributed by atoms with van der Waals surface area (Å²) in [6.45, 7) is 1.39. The molecule has 8 nitrogen and oxygen atoms in total. The summed E-state index contributed by atoms with van der Waals surface area (Å²) in [6.07, 6.45) is 4.43. The number of hydrogen-bond acceptors (Lipinski definition) is 5. The number of benzene rings is 1. The van der Waals surface area contributed by atoms with Gasteiger partial charge in [0.2, 0.25) is 5.91 Å². The average Bonchev–Trinajstić information content (AvgIpc) is 3.35. The highest BCUT2D eigenvalue weighted by molar-refractivity contribution is 5.82. The quantitative estimate of drug-likeness (QED) is 0.742. The average molecular weight is 354 g/mol. The number of nitrogens with zero attached hydrogens (tertiary/aromatic N) is 5. The normalized spacial score (nSPS) is 20.1. The molecule has 2 aromatic heterocycles. The van der Waals surface area contributed by atoms with Gasteiger partial charge in [-0.05, 0) is 18.6 Å². The fourth-order valence-corrected chi connectivity index (χ4v) is 3.59. The molecule has 3 heterocycles. The van der Waals surface area contributed by atoms with Crippen molar-refractivity contribution in [1.29, 1.82) is 0 Å². The molecule has 0 aliphatic carbocycles. The Morgan fingerprint density at radius 2 is 2.19 bits per heavy atom. The minimum absolute atomic E-state index is 0.0218. The number of carbonyl (C=O) groups excluding carboxylic acids is 1. The maximum atomic E-state index is 13.0. The van der Waals surface area contributed by atoms with E-state index in [1.54, 1.807) is 28.7 Å². The summed E-state index contributed by atoms with van der Waals surface area (Å²) in [5.74, 6) is 0.510. The van der Waals surface area contributed by atoms with Crippen LogP contribution in [0.2, 0.25) is 0 Å². The number of para-hydroxylation sites is 1. The first-order valence-corrected chi connectivity index (χ1v) is 8.66. The molecular weight excluding hydrogens is 332 g/mol. The van der Waals surface area contributed by atoms with E-state index >= 15 is 0 Å². The van der Waals surface area contributed by atoms with Crippen LogP contribution in [0.5, 0.6) is 0 Å². The van der Waals surface area contributed by atoms with Crippen molar-refractivity contribution in [2.75, 3.05) is 19.4 Å². The molecule has 2 atom stereocenters. The number of hydrogen-bond donors (Lipinski definition) is 1. The van der Waals surface area contributed by atoms with Gasteiger partial charge in [-0.2, -0.15) is 10.2 Å². The zero-order valence-electron chi connectivity index (χ0n) is 14.7. The Morgan fingerprint density at radius 1 is 1.35 bits per heavy atom. The van der Waals surface area contributed by atoms with Gasteiger partial charge < -0.3 is 15.4 Å². The second-order valence-electron chi connectivity index (χ2n) is 6.62. The number of aromatic nitrogens is 4. The Kier molecular flexibility index (Phi) is 4.34. The fraction of sp³-hybridized carbons (Fsp3) is 0.389. The highest BCUT2D eigenvalue weighted by Gasteiger charge is 2.35. The second kappa shape index (κ2) is 6.80. The predicted molar refractivity (Wildman–Crippen MR) is 97.3 cm³/mol. The van der Waals surface area contributed by atoms with Crippen LogP contribution in [-0.2, 0) is 22.6 Å². The summed E-state index contributed by atoms with van der Waals surface area (Å²) in [5.41, 5.74) is 6.65. The minimum Gasteiger partial charge on any atom is -0.382 e. The van der Waals surface area contributed by atoms with Gasteiger partial charge in [0.05, 0.1) is 30.4 Å². The van der Waals surface area contributed by atoms with Crippen molar-refractivity contribution in [3.8, 4) is 0 Å². The summed E-state index contributed by atoms with van der Waals surface area (Å²) < 4.78 is 9.03. The van der Waals surface area contributed by atoms with Gasteiger partial charge in [0, 0.05) is 25.2 Å². The molecule has 0 radical (unpaired) electrons. The van der Waals surface area contributed by atoms with Crippen LogP contribution in [0.3, 0.4) is 0 Å². The Balaban J connectivity index is 1.52. The third-order valence-corrected chi connectivity index (χ3v) is 4.92. The number of nitrogen functional groups attached to an aromatic ring is 1. The molecule has 0 bridgehead atoms. The van der Waals surface area contributed by atoms with Crippen molar-refractivity contribution in [2.24, 2.45) is 0 Å². The monoisotopic (exact) mass is 354 g/mol. The molecule has 1 aromatic carbocycles. The minimum atomic E-state index is 0.0218. The Morgan fingerprint density at radius 3 is 2.96 bits per heavy atom. The van der Waals surface area contributed by atoms with Crippen LogP contribution in [0.1, 0.15) is 6.42 Å². The Hall–Kier alpha value is -2.87. The molecule has 1 amide bonds. The summed E-state index contributed by atoms with van der Waals surface area (Å²) >= 11 is 0. The number of carbonyl (C=O) groups is 1. The van der Waals surface area contributed by atoms with Crippen LogP contribution in [0, 0.1) is 0 Å². The number of amides is 1. The molecule has 8 heteroatoms. The van der Waals surface area contributed by atoms with Crippen LogP contribution in [0.25, 0.3) is 10.9 Å². The van der Waals surface area contributed by atoms with Gasteiger partial charge in [-0.3, -0.25) is 14.2 Å². The standard InChI is InChI=1S/C18H22N6O2/c1-26-15-8-14(10-22-7-6-17(19)21-22)23(11-15)18(25)12-24-16-5-3-2-4-13(16)9-20-24/h2-7,9,14-15H,8,10-12H2,1H3,(H2,19,21)/t14-,15-/m0/s1. The van der Waals surface area contributed by atoms with Crippen LogP contribution in [0.15, 0.2) is 42.7 Å². The van der Waals surface area contributed by atoms with Gasteiger partial charge in [-0.1, -0.05) is 18.2 Å². The van der Waals surface area contributed by atoms with Gasteiger partial charge in [-0.25, -0.2) is 0 Å². The van der Waals surface area contributed by atoms with E-state index in [4.69, 9.17) is 10.5 Å². The van der Waals surface area contributed by atoms with Crippen LogP contribution in [0.4, 0.5) is 5.82 Å². The van der Waals surface area contributed by atoms with Gasteiger partial charge in [-0.15, -0.1) is 0 Å². The van der Waals surface area contributed by atoms with Crippen molar-refractivity contribution >= 4 is 22.6 Å². The van der Waals surface area contributed by atoms with Crippen molar-refractivity contribution in [2.45, 2.75) is 31.7 Å². The molecule has 26 heavy (non-hydrogen) atoms. The lowest BCUT2D eigenvalue weighted by Crippen LogP contribution is -2.40. The number of nitrogens with two attached hydrogens (primary N) is 1. The molecule has 1 fully saturated rings. The first kappa shape index (κ1) is 16.6. The van der Waals surface area contributed by atoms with Gasteiger partial charge >= 0.3 is 0 Å². The molecular formula is C18H22N6O2. The molecule has 3 aromatic rings. The molecule has 1 aliphatic heterocycles. The van der Waals surface area contributed by atoms with Crippen molar-refractivity contribution in [3.63, 3.8) is 0 Å². The lowest BCUT2D eigenvalue weighted by atomic mass is 10.2. The van der Waals surface area contributed by atoms with Crippen LogP contribution >= 0.6 is 0 Å². The third kappa shape index (κ3) is 3.15. The molecule has 0 saturated carbocycles. The lowest BCUT2D eigenvalue weighted by molar-refractivity contribution is -0.133. The van der Waals surface area contributed by atoms with Crippen LogP contribution in [-0.4, -0.2) is 56.2 Å². The first-order chi connectivity index (χ1) is 12.6. The van der Waals surface area contributed by atoms with E-state index < -0.39 is 0 Å². The van der Waals surface area contributed by atoms with Crippen LogP contribution < -0.4 is 5.73 Å². The van der Waals surface area contributed by atoms with E-state index in [2.05, 4.69) is 10.2 Å². The van der Waals surface area contributed by atoms with Gasteiger partial charge in [0.25, 0.3) is 0 Å². The van der Waals surface area contributed by atoms with Gasteiger partial charge in [0.1, 0.15) is 12.4 Å². The Labute approximate surface area is 151 Å². The van der Waals surface area contributed by atoms with Crippen molar-refractivity contribution in [3.05, 3.63) is 42.7 Å². The summed E-state index contributed by atoms with van der Waals surface area (Å²) in [6, 6.07) is 9.66. The Bertz CT molecular complexity index is 917. The smallest absolute Gasteiger partial charge is 0.244 e. The number of likely N-dealkylation sites (tertiary alicyclic amines) is 1. The molecule has 136 valence electrons. The van der Waals surface area contributed by atoms with Crippen molar-refractivity contribution < 1.29 is 9.53 Å². The SMILES string of the molecule is CO[C@H]1C[C@@H](Cn2ccc(N)n2)N(C(=O)Cn2ncc3ccccc32)C1. The van der Waals surface area contributed by atoms with E-state index in [0.717, 1.165) is 17.3 Å². The number of rotatable bonds is 5. The lowest BCUT2D eigenvalue weighted by Gasteiger charge is -2.24. The number of ether oxygens (including phenoxy) is 1. The summed E-state index contributed by atoms with van der Waals surface area (Å²) in [7, 11) is 1.68. The predicted octanol–water partition coefficient (Wildman–Crippen LogP) is 1.13. The van der Waals surface area contributed by atoms with E-state index in [9.17, 15) is 4.79 Å². The van der Waals surface area contributed by atoms with E-state index in [0.29, 0.717) is 18.9 Å². The molecule has 4 rings (SSSR count). The molecule has 2 N–H and O–H groups in total. The van der Waals surface area contributed by atoms with E-state index in [1.807, 2.05) is 35.4 Å². The third-order valence-electron chi connectivity index (χ3n) is 4.92. The topological polar surface area (TPSA) is 91.2 Å². The van der Waals surface area contributed by atoms with E-state index in [-0.39, 0.29) is 24.6 Å². The zero-order chi connectivity index (χ0) is 18.1. The second-order valence-corrected chi connectivity index (χ2v) is 6.62.